The summed E-state index contributed by atoms with van der Waals surface area (Å²) >= 11 is 0. The summed E-state index contributed by atoms with van der Waals surface area (Å²) < 4.78 is 7.72. The van der Waals surface area contributed by atoms with Crippen LogP contribution in [0.3, 0.4) is 0 Å². The van der Waals surface area contributed by atoms with Gasteiger partial charge >= 0.3 is 6.09 Å². The molecule has 5 heterocycles. The molecule has 46 heavy (non-hydrogen) atoms. The first kappa shape index (κ1) is 31.0. The van der Waals surface area contributed by atoms with Crippen molar-refractivity contribution in [1.82, 2.24) is 24.3 Å². The Morgan fingerprint density at radius 2 is 1.76 bits per heavy atom. The van der Waals surface area contributed by atoms with Gasteiger partial charge in [0, 0.05) is 49.0 Å². The van der Waals surface area contributed by atoms with Crippen LogP contribution in [0.5, 0.6) is 0 Å². The first-order chi connectivity index (χ1) is 21.7. The Bertz CT molecular complexity index is 1690. The highest BCUT2D eigenvalue weighted by Gasteiger charge is 2.56. The maximum Gasteiger partial charge on any atom is 0.410 e. The summed E-state index contributed by atoms with van der Waals surface area (Å²) in [6.45, 7) is 17.8. The predicted molar refractivity (Wildman–Crippen MR) is 181 cm³/mol. The van der Waals surface area contributed by atoms with Gasteiger partial charge in [0.05, 0.1) is 23.0 Å². The number of rotatable bonds is 4. The molecule has 3 aliphatic heterocycles. The van der Waals surface area contributed by atoms with Gasteiger partial charge < -0.3 is 24.8 Å². The molecular formula is C36H49N7O3. The van der Waals surface area contributed by atoms with Crippen molar-refractivity contribution in [2.24, 2.45) is 5.41 Å². The molecule has 7 rings (SSSR count). The number of nitrogens with zero attached hydrogens (tertiary/aromatic N) is 6. The molecule has 3 aromatic rings. The van der Waals surface area contributed by atoms with Crippen molar-refractivity contribution in [2.75, 3.05) is 36.8 Å². The Labute approximate surface area is 272 Å². The van der Waals surface area contributed by atoms with Gasteiger partial charge in [-0.05, 0) is 96.4 Å². The molecule has 1 aliphatic carbocycles. The summed E-state index contributed by atoms with van der Waals surface area (Å²) in [6.07, 6.45) is 5.85. The minimum absolute atomic E-state index is 0.153. The average Bonchev–Trinajstić information content (AvgIpc) is 3.61. The predicted octanol–water partition coefficient (Wildman–Crippen LogP) is 6.14. The summed E-state index contributed by atoms with van der Waals surface area (Å²) in [5.41, 5.74) is 11.0. The number of amides is 2. The van der Waals surface area contributed by atoms with E-state index in [1.807, 2.05) is 37.7 Å². The number of ether oxygens (including phenoxy) is 1. The third-order valence-corrected chi connectivity index (χ3v) is 10.8. The van der Waals surface area contributed by atoms with Crippen molar-refractivity contribution in [3.8, 4) is 11.3 Å². The van der Waals surface area contributed by atoms with E-state index in [0.717, 1.165) is 59.5 Å². The fourth-order valence-corrected chi connectivity index (χ4v) is 8.16. The number of likely N-dealkylation sites (tertiary alicyclic amines) is 2. The molecule has 2 amide bonds. The lowest BCUT2D eigenvalue weighted by Gasteiger charge is -2.46. The zero-order valence-corrected chi connectivity index (χ0v) is 28.5. The van der Waals surface area contributed by atoms with Gasteiger partial charge in [0.25, 0.3) is 0 Å². The van der Waals surface area contributed by atoms with E-state index in [1.54, 1.807) is 4.90 Å². The highest BCUT2D eigenvalue weighted by atomic mass is 16.6. The van der Waals surface area contributed by atoms with Crippen LogP contribution in [0.25, 0.3) is 22.3 Å². The van der Waals surface area contributed by atoms with Gasteiger partial charge in [0.2, 0.25) is 5.91 Å². The number of nitrogens with two attached hydrogens (primary N) is 1. The number of hydrogen-bond acceptors (Lipinski definition) is 7. The normalized spacial score (nSPS) is 24.2. The minimum Gasteiger partial charge on any atom is -0.444 e. The number of hydrogen-bond donors (Lipinski definition) is 1. The zero-order chi connectivity index (χ0) is 32.8. The Morgan fingerprint density at radius 1 is 1.04 bits per heavy atom. The van der Waals surface area contributed by atoms with Crippen LogP contribution in [0, 0.1) is 5.41 Å². The maximum atomic E-state index is 14.7. The molecule has 4 aliphatic rings. The third kappa shape index (κ3) is 5.13. The van der Waals surface area contributed by atoms with E-state index in [-0.39, 0.29) is 24.1 Å². The van der Waals surface area contributed by atoms with Gasteiger partial charge in [0.1, 0.15) is 16.9 Å². The molecule has 0 unspecified atom stereocenters. The van der Waals surface area contributed by atoms with E-state index in [1.165, 1.54) is 6.42 Å². The second-order valence-electron chi connectivity index (χ2n) is 16.1. The van der Waals surface area contributed by atoms with E-state index >= 15 is 0 Å². The molecular weight excluding hydrogens is 578 g/mol. The van der Waals surface area contributed by atoms with Crippen LogP contribution in [0.1, 0.15) is 92.2 Å². The van der Waals surface area contributed by atoms with E-state index in [9.17, 15) is 9.59 Å². The molecule has 10 heteroatoms. The van der Waals surface area contributed by atoms with E-state index in [2.05, 4.69) is 60.7 Å². The monoisotopic (exact) mass is 627 g/mol. The van der Waals surface area contributed by atoms with Crippen LogP contribution in [-0.2, 0) is 14.9 Å². The number of aromatic nitrogens is 3. The van der Waals surface area contributed by atoms with E-state index in [0.29, 0.717) is 43.2 Å². The second kappa shape index (κ2) is 10.7. The largest absolute Gasteiger partial charge is 0.444 e. The summed E-state index contributed by atoms with van der Waals surface area (Å²) in [7, 11) is 0. The van der Waals surface area contributed by atoms with E-state index in [4.69, 9.17) is 15.5 Å². The minimum atomic E-state index is -0.653. The maximum absolute atomic E-state index is 14.7. The van der Waals surface area contributed by atoms with Crippen molar-refractivity contribution in [1.29, 1.82) is 0 Å². The molecule has 1 saturated carbocycles. The molecule has 2 saturated heterocycles. The van der Waals surface area contributed by atoms with Gasteiger partial charge in [0.15, 0.2) is 0 Å². The van der Waals surface area contributed by atoms with Crippen LogP contribution in [0.4, 0.5) is 16.3 Å². The Morgan fingerprint density at radius 3 is 2.39 bits per heavy atom. The van der Waals surface area contributed by atoms with Crippen LogP contribution >= 0.6 is 0 Å². The summed E-state index contributed by atoms with van der Waals surface area (Å²) in [5.74, 6) is 0.626. The molecule has 246 valence electrons. The highest BCUT2D eigenvalue weighted by molar-refractivity contribution is 6.09. The van der Waals surface area contributed by atoms with E-state index < -0.39 is 11.0 Å². The van der Waals surface area contributed by atoms with Gasteiger partial charge in [-0.2, -0.15) is 0 Å². The SMILES string of the molecule is CC(C)n1cnc2cc(-c3ccc4c(c3)N(C3CC(N5CCC(C)(C)C5)C3)C(=O)C43CCN(C(=O)OC(C)(C)C)CC3)nc(N)c21. The lowest BCUT2D eigenvalue weighted by Crippen LogP contribution is -2.58. The molecule has 10 nitrogen and oxygen atoms in total. The fourth-order valence-electron chi connectivity index (χ4n) is 8.16. The standard InChI is InChI=1S/C36H49N7O3/c1-22(2)42-21-38-28-19-27(39-31(37)30(28)42)23-8-9-26-29(16-23)43(25-17-24(18-25)41-13-10-35(6,7)20-41)32(44)36(26)11-14-40(15-12-36)33(45)46-34(3,4)5/h8-9,16,19,21-22,24-25H,10-15,17-18,20H2,1-7H3,(H2,37,39). The Hall–Kier alpha value is -3.66. The number of carbonyl (C=O) groups is 2. The lowest BCUT2D eigenvalue weighted by molar-refractivity contribution is -0.126. The molecule has 1 spiro atoms. The quantitative estimate of drug-likeness (QED) is 0.370. The molecule has 1 aromatic carbocycles. The molecule has 2 N–H and O–H groups in total. The Balaban J connectivity index is 1.21. The number of piperidine rings is 1. The number of nitrogen functional groups attached to an aromatic ring is 1. The van der Waals surface area contributed by atoms with Crippen LogP contribution in [0.2, 0.25) is 0 Å². The van der Waals surface area contributed by atoms with Crippen LogP contribution in [0.15, 0.2) is 30.6 Å². The Kier molecular flexibility index (Phi) is 7.19. The first-order valence-electron chi connectivity index (χ1n) is 17.0. The van der Waals surface area contributed by atoms with Crippen molar-refractivity contribution in [2.45, 2.75) is 110 Å². The zero-order valence-electron chi connectivity index (χ0n) is 28.5. The van der Waals surface area contributed by atoms with Crippen molar-refractivity contribution in [3.63, 3.8) is 0 Å². The molecule has 0 atom stereocenters. The van der Waals surface area contributed by atoms with Gasteiger partial charge in [-0.25, -0.2) is 14.8 Å². The summed E-state index contributed by atoms with van der Waals surface area (Å²) in [6, 6.07) is 9.21. The van der Waals surface area contributed by atoms with Crippen molar-refractivity contribution < 1.29 is 14.3 Å². The lowest BCUT2D eigenvalue weighted by atomic mass is 9.73. The summed E-state index contributed by atoms with van der Waals surface area (Å²) in [5, 5.41) is 0. The number of imidazole rings is 1. The van der Waals surface area contributed by atoms with Gasteiger partial charge in [-0.1, -0.05) is 26.0 Å². The molecule has 3 fully saturated rings. The first-order valence-corrected chi connectivity index (χ1v) is 17.0. The van der Waals surface area contributed by atoms with Crippen molar-refractivity contribution >= 4 is 34.5 Å². The second-order valence-corrected chi connectivity index (χ2v) is 16.1. The third-order valence-electron chi connectivity index (χ3n) is 10.8. The smallest absolute Gasteiger partial charge is 0.410 e. The van der Waals surface area contributed by atoms with Gasteiger partial charge in [-0.3, -0.25) is 9.69 Å². The number of pyridine rings is 1. The highest BCUT2D eigenvalue weighted by Crippen LogP contribution is 2.52. The molecule has 0 radical (unpaired) electrons. The number of benzene rings is 1. The van der Waals surface area contributed by atoms with Crippen molar-refractivity contribution in [3.05, 3.63) is 36.2 Å². The number of carbonyl (C=O) groups excluding carboxylic acids is 2. The van der Waals surface area contributed by atoms with Crippen LogP contribution in [-0.4, -0.2) is 80.2 Å². The number of fused-ring (bicyclic) bond motifs is 3. The fraction of sp³-hybridized carbons (Fsp3) is 0.611. The van der Waals surface area contributed by atoms with Gasteiger partial charge in [-0.15, -0.1) is 0 Å². The average molecular weight is 628 g/mol. The summed E-state index contributed by atoms with van der Waals surface area (Å²) in [4.78, 5) is 43.6. The van der Waals surface area contributed by atoms with Crippen LogP contribution < -0.4 is 10.6 Å². The molecule has 0 bridgehead atoms. The number of anilines is 2. The molecule has 2 aromatic heterocycles. The topological polar surface area (TPSA) is 110 Å².